The van der Waals surface area contributed by atoms with E-state index in [4.69, 9.17) is 4.74 Å². The van der Waals surface area contributed by atoms with Crippen LogP contribution in [0.15, 0.2) is 47.6 Å². The Balaban J connectivity index is 1.70. The van der Waals surface area contributed by atoms with E-state index in [9.17, 15) is 14.1 Å². The molecule has 0 spiro atoms. The van der Waals surface area contributed by atoms with Crippen LogP contribution in [0, 0.1) is 10.7 Å². The molecule has 6 nitrogen and oxygen atoms in total. The monoisotopic (exact) mass is 317 g/mol. The van der Waals surface area contributed by atoms with Crippen molar-refractivity contribution in [2.24, 2.45) is 5.18 Å². The summed E-state index contributed by atoms with van der Waals surface area (Å²) in [6, 6.07) is 9.92. The number of nitrogens with one attached hydrogen (secondary N) is 1. The van der Waals surface area contributed by atoms with Gasteiger partial charge in [0.15, 0.2) is 5.13 Å². The second kappa shape index (κ2) is 5.86. The molecule has 0 saturated heterocycles. The fourth-order valence-corrected chi connectivity index (χ4v) is 2.62. The van der Waals surface area contributed by atoms with Crippen molar-refractivity contribution in [1.82, 2.24) is 4.98 Å². The number of rotatable bonds is 3. The summed E-state index contributed by atoms with van der Waals surface area (Å²) >= 11 is 1.14. The summed E-state index contributed by atoms with van der Waals surface area (Å²) < 4.78 is 18.8. The van der Waals surface area contributed by atoms with E-state index in [1.165, 1.54) is 42.5 Å². The number of ether oxygens (including phenoxy) is 1. The summed E-state index contributed by atoms with van der Waals surface area (Å²) in [6.45, 7) is 0. The van der Waals surface area contributed by atoms with Gasteiger partial charge in [-0.05, 0) is 47.6 Å². The first-order chi connectivity index (χ1) is 10.6. The van der Waals surface area contributed by atoms with Gasteiger partial charge in [0.05, 0.1) is 10.2 Å². The Morgan fingerprint density at radius 2 is 2.00 bits per heavy atom. The zero-order valence-corrected chi connectivity index (χ0v) is 11.8. The molecule has 1 heterocycles. The Labute approximate surface area is 127 Å². The average Bonchev–Trinajstić information content (AvgIpc) is 2.89. The van der Waals surface area contributed by atoms with Gasteiger partial charge >= 0.3 is 6.09 Å². The lowest BCUT2D eigenvalue weighted by Gasteiger charge is -2.03. The van der Waals surface area contributed by atoms with E-state index in [-0.39, 0.29) is 17.3 Å². The normalized spacial score (nSPS) is 10.4. The number of hydrogen-bond acceptors (Lipinski definition) is 6. The first-order valence-corrected chi connectivity index (χ1v) is 6.94. The van der Waals surface area contributed by atoms with E-state index >= 15 is 0 Å². The molecule has 110 valence electrons. The highest BCUT2D eigenvalue weighted by atomic mass is 32.1. The molecular weight excluding hydrogens is 309 g/mol. The molecule has 3 aromatic rings. The predicted molar refractivity (Wildman–Crippen MR) is 81.1 cm³/mol. The van der Waals surface area contributed by atoms with Crippen LogP contribution in [0.2, 0.25) is 0 Å². The Bertz CT molecular complexity index is 848. The minimum Gasteiger partial charge on any atom is -0.410 e. The Hall–Kier alpha value is -2.87. The number of anilines is 1. The quantitative estimate of drug-likeness (QED) is 0.724. The predicted octanol–water partition coefficient (Wildman–Crippen LogP) is 4.44. The molecule has 0 aliphatic rings. The Morgan fingerprint density at radius 1 is 1.23 bits per heavy atom. The zero-order chi connectivity index (χ0) is 15.5. The highest BCUT2D eigenvalue weighted by molar-refractivity contribution is 7.22. The van der Waals surface area contributed by atoms with Gasteiger partial charge in [0.25, 0.3) is 0 Å². The SMILES string of the molecule is O=Nc1ccc(OC(=O)Nc2nc3ccc(F)cc3s2)cc1. The lowest BCUT2D eigenvalue weighted by molar-refractivity contribution is 0.215. The van der Waals surface area contributed by atoms with Gasteiger partial charge in [0, 0.05) is 0 Å². The van der Waals surface area contributed by atoms with Gasteiger partial charge < -0.3 is 4.74 Å². The van der Waals surface area contributed by atoms with Crippen LogP contribution in [0.1, 0.15) is 0 Å². The maximum Gasteiger partial charge on any atom is 0.418 e. The number of benzene rings is 2. The maximum absolute atomic E-state index is 13.1. The smallest absolute Gasteiger partial charge is 0.410 e. The number of amides is 1. The van der Waals surface area contributed by atoms with Crippen molar-refractivity contribution in [1.29, 1.82) is 0 Å². The van der Waals surface area contributed by atoms with Gasteiger partial charge in [-0.2, -0.15) is 0 Å². The van der Waals surface area contributed by atoms with Crippen molar-refractivity contribution >= 4 is 38.5 Å². The van der Waals surface area contributed by atoms with Crippen LogP contribution in [0.3, 0.4) is 0 Å². The van der Waals surface area contributed by atoms with Crippen molar-refractivity contribution in [3.8, 4) is 5.75 Å². The number of halogens is 1. The van der Waals surface area contributed by atoms with Crippen molar-refractivity contribution in [3.63, 3.8) is 0 Å². The van der Waals surface area contributed by atoms with Crippen LogP contribution in [0.4, 0.5) is 20.0 Å². The summed E-state index contributed by atoms with van der Waals surface area (Å²) in [5.41, 5.74) is 0.823. The van der Waals surface area contributed by atoms with Crippen LogP contribution in [-0.2, 0) is 0 Å². The van der Waals surface area contributed by atoms with E-state index in [1.807, 2.05) is 0 Å². The third-order valence-electron chi connectivity index (χ3n) is 2.71. The first-order valence-electron chi connectivity index (χ1n) is 6.12. The number of thiazole rings is 1. The number of aromatic nitrogens is 1. The molecule has 0 atom stereocenters. The fraction of sp³-hybridized carbons (Fsp3) is 0. The van der Waals surface area contributed by atoms with Crippen LogP contribution < -0.4 is 10.1 Å². The molecule has 0 fully saturated rings. The van der Waals surface area contributed by atoms with Crippen LogP contribution >= 0.6 is 11.3 Å². The molecule has 1 aromatic heterocycles. The number of carbonyl (C=O) groups is 1. The van der Waals surface area contributed by atoms with E-state index in [2.05, 4.69) is 15.5 Å². The molecular formula is C14H8FN3O3S. The van der Waals surface area contributed by atoms with E-state index < -0.39 is 6.09 Å². The van der Waals surface area contributed by atoms with Crippen LogP contribution in [-0.4, -0.2) is 11.1 Å². The van der Waals surface area contributed by atoms with E-state index in [0.29, 0.717) is 15.3 Å². The first kappa shape index (κ1) is 14.1. The molecule has 0 aliphatic heterocycles. The fourth-order valence-electron chi connectivity index (χ4n) is 1.75. The number of nitroso groups, excluding NO2 is 1. The van der Waals surface area contributed by atoms with Gasteiger partial charge in [-0.3, -0.25) is 5.32 Å². The number of fused-ring (bicyclic) bond motifs is 1. The summed E-state index contributed by atoms with van der Waals surface area (Å²) in [5, 5.41) is 5.51. The molecule has 1 N–H and O–H groups in total. The van der Waals surface area contributed by atoms with Gasteiger partial charge in [0.1, 0.15) is 17.3 Å². The van der Waals surface area contributed by atoms with Gasteiger partial charge in [-0.15, -0.1) is 4.91 Å². The summed E-state index contributed by atoms with van der Waals surface area (Å²) in [7, 11) is 0. The largest absolute Gasteiger partial charge is 0.418 e. The highest BCUT2D eigenvalue weighted by Gasteiger charge is 2.10. The molecule has 2 aromatic carbocycles. The Kier molecular flexibility index (Phi) is 3.75. The number of nitrogens with zero attached hydrogens (tertiary/aromatic N) is 2. The summed E-state index contributed by atoms with van der Waals surface area (Å²) in [5.74, 6) is -0.105. The maximum atomic E-state index is 13.1. The highest BCUT2D eigenvalue weighted by Crippen LogP contribution is 2.26. The van der Waals surface area contributed by atoms with Crippen molar-refractivity contribution in [2.45, 2.75) is 0 Å². The molecule has 0 radical (unpaired) electrons. The molecule has 0 bridgehead atoms. The topological polar surface area (TPSA) is 80.6 Å². The third-order valence-corrected chi connectivity index (χ3v) is 3.65. The van der Waals surface area contributed by atoms with E-state index in [1.54, 1.807) is 0 Å². The minimum absolute atomic E-state index is 0.237. The second-order valence-electron chi connectivity index (χ2n) is 4.23. The van der Waals surface area contributed by atoms with Crippen molar-refractivity contribution in [2.75, 3.05) is 5.32 Å². The summed E-state index contributed by atoms with van der Waals surface area (Å²) in [6.07, 6.45) is -0.730. The Morgan fingerprint density at radius 3 is 2.73 bits per heavy atom. The molecule has 0 saturated carbocycles. The standard InChI is InChI=1S/C14H8FN3O3S/c15-8-1-6-11-12(7-8)22-13(16-11)17-14(19)21-10-4-2-9(18-20)3-5-10/h1-7H,(H,16,17,19). The van der Waals surface area contributed by atoms with E-state index in [0.717, 1.165) is 11.3 Å². The number of carbonyl (C=O) groups excluding carboxylic acids is 1. The van der Waals surface area contributed by atoms with Crippen LogP contribution in [0.5, 0.6) is 5.75 Å². The molecule has 8 heteroatoms. The molecule has 3 rings (SSSR count). The third kappa shape index (κ3) is 3.07. The molecule has 1 amide bonds. The molecule has 22 heavy (non-hydrogen) atoms. The van der Waals surface area contributed by atoms with Crippen molar-refractivity contribution < 1.29 is 13.9 Å². The van der Waals surface area contributed by atoms with Crippen molar-refractivity contribution in [3.05, 3.63) is 53.2 Å². The second-order valence-corrected chi connectivity index (χ2v) is 5.26. The summed E-state index contributed by atoms with van der Waals surface area (Å²) in [4.78, 5) is 26.2. The lowest BCUT2D eigenvalue weighted by Crippen LogP contribution is -2.16. The minimum atomic E-state index is -0.730. The molecule has 0 aliphatic carbocycles. The van der Waals surface area contributed by atoms with Gasteiger partial charge in [0.2, 0.25) is 0 Å². The van der Waals surface area contributed by atoms with Gasteiger partial charge in [-0.25, -0.2) is 14.2 Å². The molecule has 0 unspecified atom stereocenters. The zero-order valence-electron chi connectivity index (χ0n) is 10.9. The average molecular weight is 317 g/mol. The lowest BCUT2D eigenvalue weighted by atomic mass is 10.3. The van der Waals surface area contributed by atoms with Crippen LogP contribution in [0.25, 0.3) is 10.2 Å². The number of hydrogen-bond donors (Lipinski definition) is 1. The van der Waals surface area contributed by atoms with Gasteiger partial charge in [-0.1, -0.05) is 11.3 Å².